The van der Waals surface area contributed by atoms with Crippen molar-refractivity contribution in [2.24, 2.45) is 5.92 Å². The Morgan fingerprint density at radius 3 is 2.38 bits per heavy atom. The molecule has 1 aromatic heterocycles. The molecule has 1 heterocycles. The molecule has 0 unspecified atom stereocenters. The first kappa shape index (κ1) is 15.2. The van der Waals surface area contributed by atoms with E-state index < -0.39 is 9.84 Å². The summed E-state index contributed by atoms with van der Waals surface area (Å²) >= 11 is 2.33. The van der Waals surface area contributed by atoms with Gasteiger partial charge in [-0.15, -0.1) is 0 Å². The fourth-order valence-electron chi connectivity index (χ4n) is 3.09. The number of sulfone groups is 1. The highest BCUT2D eigenvalue weighted by atomic mass is 32.2. The van der Waals surface area contributed by atoms with Gasteiger partial charge in [-0.1, -0.05) is 41.9 Å². The molecular formula is C15H18O3S3. The molecule has 1 aliphatic rings. The lowest BCUT2D eigenvalue weighted by Crippen LogP contribution is -2.19. The molecule has 0 aliphatic heterocycles. The maximum Gasteiger partial charge on any atom is 0.288 e. The van der Waals surface area contributed by atoms with E-state index in [1.165, 1.54) is 17.8 Å². The van der Waals surface area contributed by atoms with Crippen molar-refractivity contribution in [3.05, 3.63) is 26.5 Å². The molecule has 0 atom stereocenters. The number of fused-ring (bicyclic) bond motifs is 1. The molecule has 1 aromatic carbocycles. The van der Waals surface area contributed by atoms with Crippen LogP contribution in [0.2, 0.25) is 0 Å². The van der Waals surface area contributed by atoms with Crippen LogP contribution in [0.25, 0.3) is 9.40 Å². The third-order valence-corrected chi connectivity index (χ3v) is 8.24. The molecule has 3 nitrogen and oxygen atoms in total. The van der Waals surface area contributed by atoms with Gasteiger partial charge in [-0.2, -0.15) is 0 Å². The average Bonchev–Trinajstić information content (AvgIpc) is 2.77. The molecule has 0 amide bonds. The van der Waals surface area contributed by atoms with Crippen molar-refractivity contribution >= 4 is 41.9 Å². The molecule has 0 saturated heterocycles. The molecule has 0 bridgehead atoms. The van der Waals surface area contributed by atoms with Crippen LogP contribution in [0.15, 0.2) is 21.8 Å². The normalized spacial score (nSPS) is 17.4. The Labute approximate surface area is 132 Å². The van der Waals surface area contributed by atoms with Gasteiger partial charge in [0.1, 0.15) is 0 Å². The third kappa shape index (κ3) is 3.22. The van der Waals surface area contributed by atoms with E-state index in [2.05, 4.69) is 0 Å². The van der Waals surface area contributed by atoms with Crippen LogP contribution in [-0.2, 0) is 9.84 Å². The highest BCUT2D eigenvalue weighted by Crippen LogP contribution is 2.31. The van der Waals surface area contributed by atoms with E-state index in [0.717, 1.165) is 52.0 Å². The Bertz CT molecular complexity index is 808. The molecule has 1 aliphatic carbocycles. The summed E-state index contributed by atoms with van der Waals surface area (Å²) in [6.45, 7) is 1.82. The van der Waals surface area contributed by atoms with Crippen LogP contribution in [-0.4, -0.2) is 14.2 Å². The predicted octanol–water partition coefficient (Wildman–Crippen LogP) is 3.99. The summed E-state index contributed by atoms with van der Waals surface area (Å²) in [5.74, 6) is 0.540. The second kappa shape index (κ2) is 5.82. The average molecular weight is 343 g/mol. The Morgan fingerprint density at radius 2 is 1.71 bits per heavy atom. The van der Waals surface area contributed by atoms with Crippen molar-refractivity contribution in [1.29, 1.82) is 0 Å². The zero-order valence-electron chi connectivity index (χ0n) is 11.9. The maximum absolute atomic E-state index is 12.7. The minimum Gasteiger partial charge on any atom is -0.265 e. The highest BCUT2D eigenvalue weighted by Gasteiger charge is 2.25. The zero-order chi connectivity index (χ0) is 15.0. The SMILES string of the molecule is Cc1cc2sc(=O)sc2cc1S(=O)(=O)CC1CCCCC1. The Balaban J connectivity index is 1.97. The van der Waals surface area contributed by atoms with Crippen LogP contribution >= 0.6 is 22.7 Å². The molecule has 0 spiro atoms. The van der Waals surface area contributed by atoms with Crippen LogP contribution < -0.4 is 4.06 Å². The fourth-order valence-corrected chi connectivity index (χ4v) is 7.19. The molecule has 2 aromatic rings. The van der Waals surface area contributed by atoms with Gasteiger partial charge in [-0.05, 0) is 43.4 Å². The summed E-state index contributed by atoms with van der Waals surface area (Å²) in [6, 6.07) is 3.54. The topological polar surface area (TPSA) is 51.2 Å². The molecule has 1 saturated carbocycles. The van der Waals surface area contributed by atoms with Crippen molar-refractivity contribution in [1.82, 2.24) is 0 Å². The zero-order valence-corrected chi connectivity index (χ0v) is 14.4. The van der Waals surface area contributed by atoms with E-state index in [-0.39, 0.29) is 9.81 Å². The number of hydrogen-bond donors (Lipinski definition) is 0. The van der Waals surface area contributed by atoms with E-state index in [0.29, 0.717) is 10.8 Å². The van der Waals surface area contributed by atoms with Crippen molar-refractivity contribution in [2.45, 2.75) is 43.9 Å². The molecule has 0 N–H and O–H groups in total. The predicted molar refractivity (Wildman–Crippen MR) is 89.3 cm³/mol. The monoisotopic (exact) mass is 342 g/mol. The van der Waals surface area contributed by atoms with Gasteiger partial charge < -0.3 is 0 Å². The van der Waals surface area contributed by atoms with Gasteiger partial charge in [-0.25, -0.2) is 8.42 Å². The van der Waals surface area contributed by atoms with E-state index in [1.54, 1.807) is 6.07 Å². The molecule has 114 valence electrons. The molecule has 6 heteroatoms. The van der Waals surface area contributed by atoms with Gasteiger partial charge >= 0.3 is 0 Å². The van der Waals surface area contributed by atoms with Crippen LogP contribution in [0.1, 0.15) is 37.7 Å². The van der Waals surface area contributed by atoms with E-state index in [4.69, 9.17) is 0 Å². The summed E-state index contributed by atoms with van der Waals surface area (Å²) < 4.78 is 27.1. The Morgan fingerprint density at radius 1 is 1.10 bits per heavy atom. The summed E-state index contributed by atoms with van der Waals surface area (Å²) in [5.41, 5.74) is 0.757. The smallest absolute Gasteiger partial charge is 0.265 e. The van der Waals surface area contributed by atoms with Crippen molar-refractivity contribution in [3.8, 4) is 0 Å². The summed E-state index contributed by atoms with van der Waals surface area (Å²) in [6.07, 6.45) is 5.55. The summed E-state index contributed by atoms with van der Waals surface area (Å²) in [4.78, 5) is 11.9. The first-order valence-electron chi connectivity index (χ1n) is 7.23. The van der Waals surface area contributed by atoms with Crippen LogP contribution in [0.5, 0.6) is 0 Å². The standard InChI is InChI=1S/C15H18O3S3/c1-10-7-12-13(20-15(16)19-12)8-14(10)21(17,18)9-11-5-3-2-4-6-11/h7-8,11H,2-6,9H2,1H3. The Hall–Kier alpha value is -0.720. The first-order valence-corrected chi connectivity index (χ1v) is 10.5. The molecule has 1 fully saturated rings. The fraction of sp³-hybridized carbons (Fsp3) is 0.533. The summed E-state index contributed by atoms with van der Waals surface area (Å²) in [5, 5.41) is 0. The van der Waals surface area contributed by atoms with Gasteiger partial charge in [0.25, 0.3) is 4.06 Å². The molecular weight excluding hydrogens is 324 g/mol. The molecule has 21 heavy (non-hydrogen) atoms. The van der Waals surface area contributed by atoms with Crippen LogP contribution in [0, 0.1) is 12.8 Å². The second-order valence-electron chi connectivity index (χ2n) is 5.80. The lowest BCUT2D eigenvalue weighted by Gasteiger charge is -2.21. The van der Waals surface area contributed by atoms with Gasteiger partial charge in [0, 0.05) is 4.70 Å². The van der Waals surface area contributed by atoms with Crippen molar-refractivity contribution in [2.75, 3.05) is 5.75 Å². The number of benzene rings is 1. The molecule has 3 rings (SSSR count). The minimum atomic E-state index is -3.26. The summed E-state index contributed by atoms with van der Waals surface area (Å²) in [7, 11) is -3.26. The Kier molecular flexibility index (Phi) is 4.21. The quantitative estimate of drug-likeness (QED) is 0.847. The third-order valence-electron chi connectivity index (χ3n) is 4.14. The number of rotatable bonds is 3. The van der Waals surface area contributed by atoms with Crippen LogP contribution in [0.4, 0.5) is 0 Å². The largest absolute Gasteiger partial charge is 0.288 e. The second-order valence-corrected chi connectivity index (χ2v) is 10.1. The van der Waals surface area contributed by atoms with Crippen molar-refractivity contribution in [3.63, 3.8) is 0 Å². The van der Waals surface area contributed by atoms with Gasteiger partial charge in [0.05, 0.1) is 15.3 Å². The lowest BCUT2D eigenvalue weighted by atomic mass is 9.91. The number of hydrogen-bond acceptors (Lipinski definition) is 5. The lowest BCUT2D eigenvalue weighted by molar-refractivity contribution is 0.385. The van der Waals surface area contributed by atoms with Gasteiger partial charge in [-0.3, -0.25) is 4.79 Å². The van der Waals surface area contributed by atoms with Crippen molar-refractivity contribution < 1.29 is 8.42 Å². The van der Waals surface area contributed by atoms with Gasteiger partial charge in [0.15, 0.2) is 9.84 Å². The number of aryl methyl sites for hydroxylation is 1. The molecule has 0 radical (unpaired) electrons. The van der Waals surface area contributed by atoms with E-state index in [1.807, 2.05) is 13.0 Å². The minimum absolute atomic E-state index is 0.0197. The van der Waals surface area contributed by atoms with E-state index >= 15 is 0 Å². The highest BCUT2D eigenvalue weighted by molar-refractivity contribution is 7.91. The maximum atomic E-state index is 12.7. The van der Waals surface area contributed by atoms with E-state index in [9.17, 15) is 13.2 Å². The first-order chi connectivity index (χ1) is 9.95. The van der Waals surface area contributed by atoms with Gasteiger partial charge in [0.2, 0.25) is 0 Å². The van der Waals surface area contributed by atoms with Crippen LogP contribution in [0.3, 0.4) is 0 Å².